The van der Waals surface area contributed by atoms with Crippen molar-refractivity contribution in [3.8, 4) is 6.07 Å². The normalized spacial score (nSPS) is 10.1. The third kappa shape index (κ3) is 3.18. The van der Waals surface area contributed by atoms with Crippen molar-refractivity contribution in [2.24, 2.45) is 12.8 Å². The van der Waals surface area contributed by atoms with Crippen LogP contribution in [0.25, 0.3) is 0 Å². The maximum atomic E-state index is 13.3. The van der Waals surface area contributed by atoms with Gasteiger partial charge in [-0.3, -0.25) is 14.4 Å². The van der Waals surface area contributed by atoms with Gasteiger partial charge >= 0.3 is 0 Å². The van der Waals surface area contributed by atoms with E-state index in [1.165, 1.54) is 29.8 Å². The van der Waals surface area contributed by atoms with Crippen molar-refractivity contribution < 1.29 is 18.8 Å². The molecule has 0 aliphatic carbocycles. The van der Waals surface area contributed by atoms with Gasteiger partial charge in [-0.2, -0.15) is 5.26 Å². The van der Waals surface area contributed by atoms with Crippen LogP contribution in [0.15, 0.2) is 28.9 Å². The van der Waals surface area contributed by atoms with Crippen molar-refractivity contribution in [1.29, 1.82) is 5.26 Å². The smallest absolute Gasteiger partial charge is 0.289 e. The number of rotatable bonds is 4. The van der Waals surface area contributed by atoms with E-state index >= 15 is 0 Å². The number of hydrogen-bond acceptors (Lipinski definition) is 4. The van der Waals surface area contributed by atoms with Gasteiger partial charge in [0.25, 0.3) is 17.6 Å². The molecule has 2 aromatic rings. The summed E-state index contributed by atoms with van der Waals surface area (Å²) < 4.78 is 14.9. The highest BCUT2D eigenvalue weighted by atomic mass is 79.9. The fourth-order valence-electron chi connectivity index (χ4n) is 1.97. The van der Waals surface area contributed by atoms with Crippen molar-refractivity contribution >= 4 is 39.2 Å². The van der Waals surface area contributed by atoms with Crippen LogP contribution in [0.3, 0.4) is 0 Å². The molecule has 2 rings (SSSR count). The number of benzene rings is 1. The van der Waals surface area contributed by atoms with Gasteiger partial charge in [-0.15, -0.1) is 0 Å². The molecule has 0 aliphatic heterocycles. The number of carbonyl (C=O) groups is 3. The molecule has 9 heteroatoms. The fraction of sp³-hybridized carbons (Fsp3) is 0.0667. The summed E-state index contributed by atoms with van der Waals surface area (Å²) in [6, 6.07) is 6.40. The van der Waals surface area contributed by atoms with Crippen LogP contribution in [0.5, 0.6) is 0 Å². The lowest BCUT2D eigenvalue weighted by Crippen LogP contribution is -2.23. The Bertz CT molecular complexity index is 914. The maximum absolute atomic E-state index is 13.3. The van der Waals surface area contributed by atoms with Gasteiger partial charge in [0.1, 0.15) is 17.6 Å². The summed E-state index contributed by atoms with van der Waals surface area (Å²) in [5.41, 5.74) is 4.96. The summed E-state index contributed by atoms with van der Waals surface area (Å²) in [7, 11) is 1.50. The number of primary amides is 1. The molecule has 0 atom stereocenters. The van der Waals surface area contributed by atoms with Crippen LogP contribution in [-0.2, 0) is 11.8 Å². The number of nitriles is 1. The largest absolute Gasteiger partial charge is 0.363 e. The molecule has 7 nitrogen and oxygen atoms in total. The molecule has 0 spiro atoms. The number of anilines is 1. The summed E-state index contributed by atoms with van der Waals surface area (Å²) in [5, 5.41) is 11.3. The quantitative estimate of drug-likeness (QED) is 0.607. The van der Waals surface area contributed by atoms with Crippen LogP contribution in [-0.4, -0.2) is 22.2 Å². The van der Waals surface area contributed by atoms with Crippen molar-refractivity contribution in [3.05, 3.63) is 51.5 Å². The molecular formula is C15H10BrFN4O3. The number of nitrogens with zero attached hydrogens (tertiary/aromatic N) is 2. The molecule has 0 fully saturated rings. The monoisotopic (exact) mass is 392 g/mol. The molecule has 0 saturated heterocycles. The van der Waals surface area contributed by atoms with Gasteiger partial charge in [0, 0.05) is 12.7 Å². The average molecular weight is 393 g/mol. The number of carbonyl (C=O) groups excluding carboxylic acids is 3. The number of ketones is 1. The number of nitrogens with two attached hydrogens (primary N) is 1. The minimum atomic E-state index is -1.15. The molecule has 0 saturated carbocycles. The van der Waals surface area contributed by atoms with Gasteiger partial charge in [-0.25, -0.2) is 4.39 Å². The van der Waals surface area contributed by atoms with Crippen molar-refractivity contribution in [1.82, 2.24) is 4.57 Å². The molecule has 24 heavy (non-hydrogen) atoms. The van der Waals surface area contributed by atoms with Crippen LogP contribution in [0.4, 0.5) is 10.1 Å². The molecule has 1 aromatic heterocycles. The standard InChI is InChI=1S/C15H10BrFN4O3/c1-21-11(5-9(13(21)16)12(22)14(19)23)15(24)20-8-2-3-10(17)7(4-8)6-18/h2-5H,1H3,(H2,19,23)(H,20,24). The highest BCUT2D eigenvalue weighted by Gasteiger charge is 2.23. The number of amides is 2. The molecule has 0 radical (unpaired) electrons. The molecule has 122 valence electrons. The van der Waals surface area contributed by atoms with E-state index in [1.54, 1.807) is 6.07 Å². The number of Topliss-reactive ketones (excluding diaryl/α,β-unsaturated/α-hetero) is 1. The van der Waals surface area contributed by atoms with E-state index in [1.807, 2.05) is 0 Å². The minimum Gasteiger partial charge on any atom is -0.363 e. The number of hydrogen-bond donors (Lipinski definition) is 2. The molecule has 0 bridgehead atoms. The molecule has 2 amide bonds. The van der Waals surface area contributed by atoms with Crippen LogP contribution in [0, 0.1) is 17.1 Å². The predicted molar refractivity (Wildman–Crippen MR) is 85.7 cm³/mol. The summed E-state index contributed by atoms with van der Waals surface area (Å²) >= 11 is 3.12. The van der Waals surface area contributed by atoms with Crippen molar-refractivity contribution in [3.63, 3.8) is 0 Å². The van der Waals surface area contributed by atoms with Gasteiger partial charge in [0.2, 0.25) is 0 Å². The Morgan fingerprint density at radius 3 is 2.58 bits per heavy atom. The highest BCUT2D eigenvalue weighted by Crippen LogP contribution is 2.23. The van der Waals surface area contributed by atoms with E-state index in [0.29, 0.717) is 0 Å². The van der Waals surface area contributed by atoms with Crippen LogP contribution in [0.1, 0.15) is 26.4 Å². The zero-order valence-electron chi connectivity index (χ0n) is 12.3. The number of halogens is 2. The van der Waals surface area contributed by atoms with Gasteiger partial charge in [-0.1, -0.05) is 0 Å². The molecule has 3 N–H and O–H groups in total. The van der Waals surface area contributed by atoms with Crippen LogP contribution in [0.2, 0.25) is 0 Å². The molecule has 0 aliphatic rings. The van der Waals surface area contributed by atoms with Crippen molar-refractivity contribution in [2.75, 3.05) is 5.32 Å². The first-order chi connectivity index (χ1) is 11.3. The average Bonchev–Trinajstić information content (AvgIpc) is 2.84. The second kappa shape index (κ2) is 6.64. The van der Waals surface area contributed by atoms with Gasteiger partial charge in [0.15, 0.2) is 0 Å². The highest BCUT2D eigenvalue weighted by molar-refractivity contribution is 9.10. The molecule has 1 aromatic carbocycles. The summed E-state index contributed by atoms with van der Waals surface area (Å²) in [4.78, 5) is 35.0. The van der Waals surface area contributed by atoms with Crippen LogP contribution < -0.4 is 11.1 Å². The van der Waals surface area contributed by atoms with Gasteiger partial charge in [-0.05, 0) is 40.2 Å². The lowest BCUT2D eigenvalue weighted by molar-refractivity contribution is -0.114. The SMILES string of the molecule is Cn1c(C(=O)Nc2ccc(F)c(C#N)c2)cc(C(=O)C(N)=O)c1Br. The van der Waals surface area contributed by atoms with E-state index in [4.69, 9.17) is 11.0 Å². The topological polar surface area (TPSA) is 118 Å². The lowest BCUT2D eigenvalue weighted by Gasteiger charge is -2.07. The summed E-state index contributed by atoms with van der Waals surface area (Å²) in [6.45, 7) is 0. The van der Waals surface area contributed by atoms with E-state index in [9.17, 15) is 18.8 Å². The van der Waals surface area contributed by atoms with E-state index in [2.05, 4.69) is 21.2 Å². The van der Waals surface area contributed by atoms with Gasteiger partial charge in [0.05, 0.1) is 15.7 Å². The zero-order valence-corrected chi connectivity index (χ0v) is 13.8. The summed E-state index contributed by atoms with van der Waals surface area (Å²) in [6.07, 6.45) is 0. The lowest BCUT2D eigenvalue weighted by atomic mass is 10.2. The Balaban J connectivity index is 2.34. The third-order valence-electron chi connectivity index (χ3n) is 3.20. The Morgan fingerprint density at radius 2 is 2.00 bits per heavy atom. The van der Waals surface area contributed by atoms with Crippen molar-refractivity contribution in [2.45, 2.75) is 0 Å². The fourth-order valence-corrected chi connectivity index (χ4v) is 2.46. The predicted octanol–water partition coefficient (Wildman–Crippen LogP) is 1.72. The Labute approximate surface area is 144 Å². The van der Waals surface area contributed by atoms with E-state index in [0.717, 1.165) is 6.07 Å². The molecule has 1 heterocycles. The summed E-state index contributed by atoms with van der Waals surface area (Å²) in [5.74, 6) is -3.40. The van der Waals surface area contributed by atoms with Gasteiger partial charge < -0.3 is 15.6 Å². The Morgan fingerprint density at radius 1 is 1.33 bits per heavy atom. The molecule has 0 unspecified atom stereocenters. The van der Waals surface area contributed by atoms with Crippen LogP contribution >= 0.6 is 15.9 Å². The number of nitrogens with one attached hydrogen (secondary N) is 1. The second-order valence-corrected chi connectivity index (χ2v) is 5.50. The first kappa shape index (κ1) is 17.4. The first-order valence-corrected chi connectivity index (χ1v) is 7.26. The maximum Gasteiger partial charge on any atom is 0.289 e. The second-order valence-electron chi connectivity index (χ2n) is 4.75. The van der Waals surface area contributed by atoms with E-state index in [-0.39, 0.29) is 27.1 Å². The first-order valence-electron chi connectivity index (χ1n) is 6.46. The minimum absolute atomic E-state index is 0.0491. The Kier molecular flexibility index (Phi) is 4.80. The molecular weight excluding hydrogens is 383 g/mol. The third-order valence-corrected chi connectivity index (χ3v) is 4.16. The Hall–Kier alpha value is -2.99. The zero-order chi connectivity index (χ0) is 18.0. The van der Waals surface area contributed by atoms with E-state index < -0.39 is 23.4 Å². The number of aromatic nitrogens is 1.